The first kappa shape index (κ1) is 16.7. The number of thioether (sulfide) groups is 1. The molecular formula is C19H18N4O2S. The van der Waals surface area contributed by atoms with E-state index in [4.69, 9.17) is 4.42 Å². The Morgan fingerprint density at radius 3 is 2.81 bits per heavy atom. The Morgan fingerprint density at radius 2 is 1.92 bits per heavy atom. The van der Waals surface area contributed by atoms with Crippen LogP contribution >= 0.6 is 11.8 Å². The first-order valence-corrected chi connectivity index (χ1v) is 9.46. The Labute approximate surface area is 154 Å². The Morgan fingerprint density at radius 1 is 1.12 bits per heavy atom. The molecule has 0 unspecified atom stereocenters. The van der Waals surface area contributed by atoms with Gasteiger partial charge in [0.2, 0.25) is 0 Å². The third kappa shape index (κ3) is 3.17. The maximum Gasteiger partial charge on any atom is 0.419 e. The fourth-order valence-corrected chi connectivity index (χ4v) is 3.65. The summed E-state index contributed by atoms with van der Waals surface area (Å²) in [6.07, 6.45) is 0. The van der Waals surface area contributed by atoms with Gasteiger partial charge < -0.3 is 9.73 Å². The number of anilines is 1. The first-order valence-electron chi connectivity index (χ1n) is 8.48. The molecule has 0 aliphatic rings. The van der Waals surface area contributed by atoms with Crippen LogP contribution in [0.4, 0.5) is 5.82 Å². The summed E-state index contributed by atoms with van der Waals surface area (Å²) in [7, 11) is 0. The molecule has 0 saturated heterocycles. The summed E-state index contributed by atoms with van der Waals surface area (Å²) in [5.41, 5.74) is 2.33. The van der Waals surface area contributed by atoms with Crippen LogP contribution in [-0.2, 0) is 6.54 Å². The molecule has 6 nitrogen and oxygen atoms in total. The molecule has 2 heterocycles. The predicted octanol–water partition coefficient (Wildman–Crippen LogP) is 3.76. The molecule has 1 N–H and O–H groups in total. The smallest absolute Gasteiger partial charge is 0.408 e. The molecule has 0 aliphatic carbocycles. The van der Waals surface area contributed by atoms with E-state index in [-0.39, 0.29) is 5.76 Å². The van der Waals surface area contributed by atoms with Gasteiger partial charge in [-0.15, -0.1) is 0 Å². The Kier molecular flexibility index (Phi) is 4.62. The molecule has 0 radical (unpaired) electrons. The van der Waals surface area contributed by atoms with E-state index < -0.39 is 0 Å². The van der Waals surface area contributed by atoms with Crippen molar-refractivity contribution < 1.29 is 4.42 Å². The number of nitrogens with zero attached hydrogens (tertiary/aromatic N) is 3. The summed E-state index contributed by atoms with van der Waals surface area (Å²) < 4.78 is 6.91. The summed E-state index contributed by atoms with van der Waals surface area (Å²) in [6, 6.07) is 15.4. The van der Waals surface area contributed by atoms with Crippen LogP contribution in [-0.4, -0.2) is 26.8 Å². The zero-order valence-electron chi connectivity index (χ0n) is 14.3. The second-order valence-corrected chi connectivity index (χ2v) is 6.80. The molecule has 132 valence electrons. The van der Waals surface area contributed by atoms with Gasteiger partial charge in [0, 0.05) is 24.2 Å². The second kappa shape index (κ2) is 7.21. The van der Waals surface area contributed by atoms with Gasteiger partial charge in [0.25, 0.3) is 0 Å². The number of fused-ring (bicyclic) bond motifs is 2. The van der Waals surface area contributed by atoms with Crippen molar-refractivity contribution in [3.8, 4) is 0 Å². The van der Waals surface area contributed by atoms with Gasteiger partial charge in [-0.05, 0) is 31.2 Å². The molecule has 0 amide bonds. The lowest BCUT2D eigenvalue weighted by molar-refractivity contribution is 0.514. The SMILES string of the molecule is CCNc1nc(SCCn2c(=O)oc3ccccc32)nc2ccccc12. The summed E-state index contributed by atoms with van der Waals surface area (Å²) in [4.78, 5) is 21.3. The maximum absolute atomic E-state index is 12.0. The molecule has 0 fully saturated rings. The monoisotopic (exact) mass is 366 g/mol. The molecule has 4 rings (SSSR count). The number of oxazole rings is 1. The van der Waals surface area contributed by atoms with Crippen molar-refractivity contribution in [3.05, 3.63) is 59.1 Å². The predicted molar refractivity (Wildman–Crippen MR) is 105 cm³/mol. The van der Waals surface area contributed by atoms with E-state index in [0.29, 0.717) is 23.0 Å². The molecule has 0 saturated carbocycles. The van der Waals surface area contributed by atoms with Crippen LogP contribution in [0.5, 0.6) is 0 Å². The standard InChI is InChI=1S/C19H18N4O2S/c1-2-20-17-13-7-3-4-8-14(13)21-18(22-17)26-12-11-23-15-9-5-6-10-16(15)25-19(23)24/h3-10H,2,11-12H2,1H3,(H,20,21,22). The van der Waals surface area contributed by atoms with Gasteiger partial charge in [0.15, 0.2) is 10.7 Å². The Hall–Kier alpha value is -2.80. The normalized spacial score (nSPS) is 11.3. The van der Waals surface area contributed by atoms with Gasteiger partial charge in [0.1, 0.15) is 5.82 Å². The molecule has 0 bridgehead atoms. The van der Waals surface area contributed by atoms with E-state index in [0.717, 1.165) is 28.8 Å². The molecular weight excluding hydrogens is 348 g/mol. The minimum atomic E-state index is -0.334. The molecule has 4 aromatic rings. The van der Waals surface area contributed by atoms with Gasteiger partial charge in [-0.2, -0.15) is 0 Å². The summed E-state index contributed by atoms with van der Waals surface area (Å²) in [6.45, 7) is 3.37. The highest BCUT2D eigenvalue weighted by molar-refractivity contribution is 7.99. The van der Waals surface area contributed by atoms with Crippen molar-refractivity contribution in [2.45, 2.75) is 18.6 Å². The van der Waals surface area contributed by atoms with Gasteiger partial charge in [0.05, 0.1) is 11.0 Å². The van der Waals surface area contributed by atoms with Crippen molar-refractivity contribution in [3.63, 3.8) is 0 Å². The largest absolute Gasteiger partial charge is 0.419 e. The van der Waals surface area contributed by atoms with Crippen LogP contribution in [0, 0.1) is 0 Å². The fourth-order valence-electron chi connectivity index (χ4n) is 2.88. The van der Waals surface area contributed by atoms with Crippen LogP contribution in [0.25, 0.3) is 22.0 Å². The minimum Gasteiger partial charge on any atom is -0.408 e. The van der Waals surface area contributed by atoms with Crippen LogP contribution in [0.3, 0.4) is 0 Å². The average molecular weight is 366 g/mol. The van der Waals surface area contributed by atoms with Crippen molar-refractivity contribution >= 4 is 39.6 Å². The quantitative estimate of drug-likeness (QED) is 0.414. The number of hydrogen-bond donors (Lipinski definition) is 1. The number of aromatic nitrogens is 3. The molecule has 0 atom stereocenters. The van der Waals surface area contributed by atoms with E-state index in [1.165, 1.54) is 11.8 Å². The van der Waals surface area contributed by atoms with Crippen molar-refractivity contribution in [2.75, 3.05) is 17.6 Å². The van der Waals surface area contributed by atoms with Crippen LogP contribution in [0.1, 0.15) is 6.92 Å². The molecule has 2 aromatic heterocycles. The number of benzene rings is 2. The highest BCUT2D eigenvalue weighted by Crippen LogP contribution is 2.24. The van der Waals surface area contributed by atoms with Crippen molar-refractivity contribution in [2.24, 2.45) is 0 Å². The Bertz CT molecular complexity index is 1120. The summed E-state index contributed by atoms with van der Waals surface area (Å²) in [5, 5.41) is 5.00. The first-order chi connectivity index (χ1) is 12.8. The number of aryl methyl sites for hydroxylation is 1. The maximum atomic E-state index is 12.0. The third-order valence-electron chi connectivity index (χ3n) is 4.05. The van der Waals surface area contributed by atoms with E-state index in [1.54, 1.807) is 10.6 Å². The van der Waals surface area contributed by atoms with E-state index >= 15 is 0 Å². The minimum absolute atomic E-state index is 0.334. The van der Waals surface area contributed by atoms with Gasteiger partial charge >= 0.3 is 5.76 Å². The van der Waals surface area contributed by atoms with Crippen molar-refractivity contribution in [1.29, 1.82) is 0 Å². The van der Waals surface area contributed by atoms with Crippen LogP contribution in [0.15, 0.2) is 62.9 Å². The molecule has 26 heavy (non-hydrogen) atoms. The summed E-state index contributed by atoms with van der Waals surface area (Å²) >= 11 is 1.53. The van der Waals surface area contributed by atoms with Gasteiger partial charge in [-0.25, -0.2) is 14.8 Å². The van der Waals surface area contributed by atoms with Gasteiger partial charge in [-0.3, -0.25) is 4.57 Å². The average Bonchev–Trinajstić information content (AvgIpc) is 2.98. The number of hydrogen-bond acceptors (Lipinski definition) is 6. The molecule has 0 spiro atoms. The van der Waals surface area contributed by atoms with E-state index in [9.17, 15) is 4.79 Å². The zero-order valence-corrected chi connectivity index (χ0v) is 15.1. The number of rotatable bonds is 6. The topological polar surface area (TPSA) is 73.0 Å². The number of nitrogens with one attached hydrogen (secondary N) is 1. The third-order valence-corrected chi connectivity index (χ3v) is 4.87. The zero-order chi connectivity index (χ0) is 17.9. The van der Waals surface area contributed by atoms with Crippen molar-refractivity contribution in [1.82, 2.24) is 14.5 Å². The Balaban J connectivity index is 1.56. The molecule has 7 heteroatoms. The summed E-state index contributed by atoms with van der Waals surface area (Å²) in [5.74, 6) is 1.18. The number of para-hydroxylation sites is 3. The van der Waals surface area contributed by atoms with E-state index in [1.807, 2.05) is 49.4 Å². The highest BCUT2D eigenvalue weighted by Gasteiger charge is 2.10. The van der Waals surface area contributed by atoms with E-state index in [2.05, 4.69) is 15.3 Å². The molecule has 2 aromatic carbocycles. The lowest BCUT2D eigenvalue weighted by atomic mass is 10.2. The van der Waals surface area contributed by atoms with Gasteiger partial charge in [-0.1, -0.05) is 36.0 Å². The molecule has 0 aliphatic heterocycles. The van der Waals surface area contributed by atoms with Crippen LogP contribution < -0.4 is 11.1 Å². The second-order valence-electron chi connectivity index (χ2n) is 5.74. The van der Waals surface area contributed by atoms with Crippen LogP contribution in [0.2, 0.25) is 0 Å². The lowest BCUT2D eigenvalue weighted by Gasteiger charge is -2.09. The fraction of sp³-hybridized carbons (Fsp3) is 0.211. The lowest BCUT2D eigenvalue weighted by Crippen LogP contribution is -2.15. The highest BCUT2D eigenvalue weighted by atomic mass is 32.2.